The van der Waals surface area contributed by atoms with Gasteiger partial charge in [-0.05, 0) is 104 Å². The van der Waals surface area contributed by atoms with Gasteiger partial charge in [-0.15, -0.1) is 0 Å². The number of aryl methyl sites for hydroxylation is 2. The monoisotopic (exact) mass is 1120 g/mol. The van der Waals surface area contributed by atoms with Crippen LogP contribution < -0.4 is 42.3 Å². The Morgan fingerprint density at radius 2 is 1.04 bits per heavy atom. The van der Waals surface area contributed by atoms with Crippen LogP contribution in [0.5, 0.6) is 5.75 Å². The van der Waals surface area contributed by atoms with E-state index in [1.807, 2.05) is 63.6 Å². The molecule has 23 heteroatoms. The topological polar surface area (TPSA) is 257 Å². The molecule has 1 aromatic carbocycles. The number of ether oxygens (including phenoxy) is 1. The molecule has 0 saturated carbocycles. The molecular formula is C54H83N11O9P3+. The molecule has 0 radical (unpaired) electrons. The molecule has 77 heavy (non-hydrogen) atoms. The maximum absolute atomic E-state index is 13.2. The van der Waals surface area contributed by atoms with Crippen molar-refractivity contribution in [3.05, 3.63) is 100.0 Å². The van der Waals surface area contributed by atoms with Crippen LogP contribution >= 0.6 is 22.1 Å². The fourth-order valence-electron chi connectivity index (χ4n) is 8.23. The van der Waals surface area contributed by atoms with Crippen LogP contribution in [-0.4, -0.2) is 201 Å². The molecule has 3 unspecified atom stereocenters. The van der Waals surface area contributed by atoms with Gasteiger partial charge in [0.05, 0.1) is 105 Å². The summed E-state index contributed by atoms with van der Waals surface area (Å²) in [6.07, 6.45) is 1.77. The van der Waals surface area contributed by atoms with Crippen molar-refractivity contribution in [1.29, 1.82) is 0 Å². The average molecular weight is 1120 g/mol. The standard InChI is InChI=1S/C54H82N11O9P3/c1-64(2,3)30-22-56-50(66)19-15-44-34-47(59-53(37-44)76(8,70)71)40-62-26-24-61(39-46-33-43(36-52(58-46)75(7,68)69)12-11-42-13-17-49(18-14-42)74-32-10-21-55)25-27-63(29-28-62)41-48-35-45(38-54(60-48)77(9,72)73)16-20-51(67)57-23-31-65(4,5)6/h13-14,17-18,33-38H,10,15-16,19-32,39-41,55H2,1-9H3,(H3-2,56,57,66,67,68,69,70,71,72,73)/p+1. The summed E-state index contributed by atoms with van der Waals surface area (Å²) in [6.45, 7) is 11.3. The van der Waals surface area contributed by atoms with Crippen LogP contribution in [-0.2, 0) is 55.8 Å². The van der Waals surface area contributed by atoms with E-state index in [-0.39, 0.29) is 47.5 Å². The number of hydrogen-bond donors (Lipinski definition) is 5. The third kappa shape index (κ3) is 23.7. The molecule has 3 atom stereocenters. The summed E-state index contributed by atoms with van der Waals surface area (Å²) in [5, 5.41) is 5.95. The van der Waals surface area contributed by atoms with Gasteiger partial charge < -0.3 is 49.3 Å². The summed E-state index contributed by atoms with van der Waals surface area (Å²) < 4.78 is 46.6. The molecule has 6 N–H and O–H groups in total. The molecule has 1 aliphatic rings. The first-order valence-corrected chi connectivity index (χ1v) is 32.5. The third-order valence-corrected chi connectivity index (χ3v) is 15.9. The van der Waals surface area contributed by atoms with Crippen LogP contribution in [0.3, 0.4) is 0 Å². The molecule has 0 aliphatic carbocycles. The van der Waals surface area contributed by atoms with Gasteiger partial charge in [0.1, 0.15) is 16.6 Å². The molecule has 5 rings (SSSR count). The Labute approximate surface area is 456 Å². The van der Waals surface area contributed by atoms with Gasteiger partial charge in [0.15, 0.2) is 0 Å². The number of amides is 2. The second-order valence-electron chi connectivity index (χ2n) is 22.3. The number of pyridine rings is 3. The number of carbonyl (C=O) groups excluding carboxylic acids is 2. The molecule has 20 nitrogen and oxygen atoms in total. The van der Waals surface area contributed by atoms with Crippen molar-refractivity contribution in [2.24, 2.45) is 5.73 Å². The zero-order valence-corrected chi connectivity index (χ0v) is 49.3. The van der Waals surface area contributed by atoms with Crippen LogP contribution in [0.25, 0.3) is 0 Å². The highest BCUT2D eigenvalue weighted by Crippen LogP contribution is 2.34. The third-order valence-electron chi connectivity index (χ3n) is 12.6. The SMILES string of the molecule is C[N+](C)(C)CCNC(=O)CCc1cc(CN2CCN(Cc3cc(C#Cc4ccc(OCCCN)cc4)cc(P(C)(=O)O)n3)CCN(Cc3cc(CCC(=O)NCC[N+](C)(C)C)cc(P(C)(=O)O)n3)CC2)nc(P(C)(=O)[O-])c1. The van der Waals surface area contributed by atoms with Crippen molar-refractivity contribution in [3.63, 3.8) is 0 Å². The van der Waals surface area contributed by atoms with Crippen LogP contribution in [0.15, 0.2) is 60.7 Å². The highest BCUT2D eigenvalue weighted by atomic mass is 31.2. The van der Waals surface area contributed by atoms with E-state index in [2.05, 4.69) is 63.3 Å². The average Bonchev–Trinajstić information content (AvgIpc) is 3.41. The maximum atomic E-state index is 13.2. The quantitative estimate of drug-likeness (QED) is 0.0271. The zero-order valence-electron chi connectivity index (χ0n) is 46.7. The van der Waals surface area contributed by atoms with E-state index >= 15 is 0 Å². The van der Waals surface area contributed by atoms with Crippen LogP contribution in [0, 0.1) is 11.8 Å². The molecule has 4 heterocycles. The number of benzene rings is 1. The van der Waals surface area contributed by atoms with Gasteiger partial charge in [0, 0.05) is 96.2 Å². The van der Waals surface area contributed by atoms with E-state index in [0.29, 0.717) is 134 Å². The summed E-state index contributed by atoms with van der Waals surface area (Å²) in [4.78, 5) is 81.0. The second-order valence-corrected chi connectivity index (χ2v) is 28.9. The van der Waals surface area contributed by atoms with Gasteiger partial charge in [0.25, 0.3) is 0 Å². The van der Waals surface area contributed by atoms with Crippen LogP contribution in [0.2, 0.25) is 0 Å². The fraction of sp³-hybridized carbons (Fsp3) is 0.537. The number of nitrogens with two attached hydrogens (primary N) is 1. The number of likely N-dealkylation sites (N-methyl/N-ethyl adjacent to an activating group) is 2. The lowest BCUT2D eigenvalue weighted by Crippen LogP contribution is -2.41. The Bertz CT molecular complexity index is 2710. The first-order chi connectivity index (χ1) is 36.0. The molecule has 1 aliphatic heterocycles. The summed E-state index contributed by atoms with van der Waals surface area (Å²) in [5.74, 6) is 6.79. The first kappa shape index (κ1) is 63.1. The van der Waals surface area contributed by atoms with Gasteiger partial charge in [0.2, 0.25) is 26.6 Å². The minimum atomic E-state index is -4.05. The largest absolute Gasteiger partial charge is 0.795 e. The fourth-order valence-corrected chi connectivity index (χ4v) is 10.3. The summed E-state index contributed by atoms with van der Waals surface area (Å²) >= 11 is 0. The van der Waals surface area contributed by atoms with E-state index in [1.165, 1.54) is 13.3 Å². The Hall–Kier alpha value is -4.70. The van der Waals surface area contributed by atoms with Crippen LogP contribution in [0.4, 0.5) is 0 Å². The summed E-state index contributed by atoms with van der Waals surface area (Å²) in [5.41, 5.74) is 9.94. The Morgan fingerprint density at radius 1 is 0.636 bits per heavy atom. The van der Waals surface area contributed by atoms with Crippen LogP contribution in [0.1, 0.15) is 58.6 Å². The number of aromatic nitrogens is 3. The van der Waals surface area contributed by atoms with Gasteiger partial charge >= 0.3 is 0 Å². The predicted molar refractivity (Wildman–Crippen MR) is 303 cm³/mol. The molecule has 0 spiro atoms. The summed E-state index contributed by atoms with van der Waals surface area (Å²) in [6, 6.07) is 17.6. The molecule has 4 aromatic rings. The Morgan fingerprint density at radius 3 is 1.45 bits per heavy atom. The zero-order chi connectivity index (χ0) is 56.6. The summed E-state index contributed by atoms with van der Waals surface area (Å²) in [7, 11) is 0.624. The molecule has 1 fully saturated rings. The van der Waals surface area contributed by atoms with E-state index in [9.17, 15) is 38.0 Å². The maximum Gasteiger partial charge on any atom is 0.244 e. The number of nitrogens with one attached hydrogen (secondary N) is 2. The first-order valence-electron chi connectivity index (χ1n) is 26.2. The molecule has 3 aromatic heterocycles. The minimum Gasteiger partial charge on any atom is -0.795 e. The van der Waals surface area contributed by atoms with E-state index < -0.39 is 22.1 Å². The lowest BCUT2D eigenvalue weighted by Gasteiger charge is -2.26. The number of quaternary nitrogens is 2. The van der Waals surface area contributed by atoms with Crippen molar-refractivity contribution in [2.45, 2.75) is 51.7 Å². The second kappa shape index (κ2) is 28.4. The van der Waals surface area contributed by atoms with Crippen molar-refractivity contribution >= 4 is 50.2 Å². The van der Waals surface area contributed by atoms with Gasteiger partial charge in [-0.1, -0.05) is 11.8 Å². The van der Waals surface area contributed by atoms with Gasteiger partial charge in [-0.25, -0.2) is 15.0 Å². The predicted octanol–water partition coefficient (Wildman–Crippen LogP) is 1.27. The van der Waals surface area contributed by atoms with Gasteiger partial charge in [-0.3, -0.25) is 33.4 Å². The minimum absolute atomic E-state index is 0.0333. The van der Waals surface area contributed by atoms with Crippen molar-refractivity contribution in [1.82, 2.24) is 40.3 Å². The number of nitrogens with zero attached hydrogens (tertiary/aromatic N) is 8. The van der Waals surface area contributed by atoms with Crippen molar-refractivity contribution < 1.29 is 51.7 Å². The van der Waals surface area contributed by atoms with E-state index in [1.54, 1.807) is 18.2 Å². The molecular weight excluding hydrogens is 1040 g/mol. The number of carbonyl (C=O) groups is 2. The molecule has 1 saturated heterocycles. The van der Waals surface area contributed by atoms with Gasteiger partial charge in [-0.2, -0.15) is 0 Å². The molecule has 0 bridgehead atoms. The van der Waals surface area contributed by atoms with Crippen molar-refractivity contribution in [3.8, 4) is 17.6 Å². The highest BCUT2D eigenvalue weighted by Gasteiger charge is 2.24. The number of hydrogen-bond acceptors (Lipinski definition) is 14. The van der Waals surface area contributed by atoms with E-state index in [0.717, 1.165) is 37.3 Å². The number of rotatable bonds is 25. The van der Waals surface area contributed by atoms with E-state index in [4.69, 9.17) is 20.4 Å². The molecule has 2 amide bonds. The normalized spacial score (nSPS) is 16.6. The lowest BCUT2D eigenvalue weighted by atomic mass is 10.1. The van der Waals surface area contributed by atoms with Crippen molar-refractivity contribution in [2.75, 3.05) is 141 Å². The highest BCUT2D eigenvalue weighted by molar-refractivity contribution is 7.65. The Balaban J connectivity index is 1.45. The molecule has 422 valence electrons. The Kier molecular flexibility index (Phi) is 23.3. The smallest absolute Gasteiger partial charge is 0.244 e. The lowest BCUT2D eigenvalue weighted by molar-refractivity contribution is -0.869.